The molecule has 0 spiro atoms. The van der Waals surface area contributed by atoms with Gasteiger partial charge in [0.05, 0.1) is 25.8 Å². The van der Waals surface area contributed by atoms with Crippen molar-refractivity contribution >= 4 is 33.3 Å². The number of ether oxygens (including phenoxy) is 2. The van der Waals surface area contributed by atoms with Gasteiger partial charge in [-0.05, 0) is 35.7 Å². The second-order valence-corrected chi connectivity index (χ2v) is 6.62. The van der Waals surface area contributed by atoms with Crippen molar-refractivity contribution in [2.75, 3.05) is 19.5 Å². The average molecular weight is 392 g/mol. The molecule has 29 heavy (non-hydrogen) atoms. The average Bonchev–Trinajstić information content (AvgIpc) is 3.09. The lowest BCUT2D eigenvalue weighted by Crippen LogP contribution is -2.29. The zero-order valence-electron chi connectivity index (χ0n) is 16.3. The van der Waals surface area contributed by atoms with Gasteiger partial charge >= 0.3 is 0 Å². The molecule has 0 saturated carbocycles. The van der Waals surface area contributed by atoms with Crippen LogP contribution in [0.25, 0.3) is 21.7 Å². The second-order valence-electron chi connectivity index (χ2n) is 6.62. The molecular weight excluding hydrogens is 372 g/mol. The van der Waals surface area contributed by atoms with Gasteiger partial charge in [0, 0.05) is 29.8 Å². The van der Waals surface area contributed by atoms with E-state index in [1.807, 2.05) is 42.1 Å². The largest absolute Gasteiger partial charge is 0.493 e. The fourth-order valence-corrected chi connectivity index (χ4v) is 3.37. The summed E-state index contributed by atoms with van der Waals surface area (Å²) in [6.45, 7) is -0.222. The first-order valence-corrected chi connectivity index (χ1v) is 8.97. The maximum atomic E-state index is 12.9. The molecule has 148 valence electrons. The minimum absolute atomic E-state index is 0.222. The Hall–Kier alpha value is -3.81. The van der Waals surface area contributed by atoms with Crippen molar-refractivity contribution < 1.29 is 14.3 Å². The Balaban J connectivity index is 1.64. The zero-order chi connectivity index (χ0) is 20.5. The Morgan fingerprint density at radius 2 is 1.90 bits per heavy atom. The summed E-state index contributed by atoms with van der Waals surface area (Å²) in [5.74, 6) is 0.408. The predicted molar refractivity (Wildman–Crippen MR) is 111 cm³/mol. The maximum Gasteiger partial charge on any atom is 0.279 e. The highest BCUT2D eigenvalue weighted by molar-refractivity contribution is 5.94. The highest BCUT2D eigenvalue weighted by atomic mass is 16.5. The van der Waals surface area contributed by atoms with Crippen LogP contribution in [0.2, 0.25) is 0 Å². The van der Waals surface area contributed by atoms with Crippen LogP contribution in [0.15, 0.2) is 53.6 Å². The van der Waals surface area contributed by atoms with E-state index in [0.29, 0.717) is 28.0 Å². The smallest absolute Gasteiger partial charge is 0.279 e. The molecule has 4 aromatic rings. The molecule has 2 aromatic carbocycles. The third-order valence-electron chi connectivity index (χ3n) is 4.83. The van der Waals surface area contributed by atoms with Crippen molar-refractivity contribution in [2.45, 2.75) is 6.54 Å². The number of benzene rings is 2. The molecule has 0 fully saturated rings. The number of fused-ring (bicyclic) bond motifs is 2. The molecule has 0 radical (unpaired) electrons. The number of hydrogen-bond donors (Lipinski definition) is 1. The molecule has 0 bridgehead atoms. The number of carbonyl (C=O) groups excluding carboxylic acids is 1. The highest BCUT2D eigenvalue weighted by Crippen LogP contribution is 2.32. The van der Waals surface area contributed by atoms with E-state index in [4.69, 9.17) is 9.47 Å². The van der Waals surface area contributed by atoms with Gasteiger partial charge in [-0.2, -0.15) is 5.10 Å². The van der Waals surface area contributed by atoms with Crippen LogP contribution in [0.4, 0.5) is 5.69 Å². The number of carbonyl (C=O) groups is 1. The monoisotopic (exact) mass is 392 g/mol. The van der Waals surface area contributed by atoms with Gasteiger partial charge in [-0.3, -0.25) is 9.59 Å². The summed E-state index contributed by atoms with van der Waals surface area (Å²) in [7, 11) is 4.91. The molecule has 2 aromatic heterocycles. The van der Waals surface area contributed by atoms with Crippen molar-refractivity contribution in [3.05, 3.63) is 59.1 Å². The minimum atomic E-state index is -0.425. The Bertz CT molecular complexity index is 1290. The zero-order valence-corrected chi connectivity index (χ0v) is 16.3. The van der Waals surface area contributed by atoms with Gasteiger partial charge in [-0.25, -0.2) is 4.68 Å². The van der Waals surface area contributed by atoms with Crippen LogP contribution in [0.3, 0.4) is 0 Å². The Morgan fingerprint density at radius 1 is 1.10 bits per heavy atom. The van der Waals surface area contributed by atoms with Gasteiger partial charge in [0.2, 0.25) is 5.91 Å². The second kappa shape index (κ2) is 7.31. The molecule has 4 rings (SSSR count). The molecule has 0 unspecified atom stereocenters. The summed E-state index contributed by atoms with van der Waals surface area (Å²) in [5.41, 5.74) is 1.23. The lowest BCUT2D eigenvalue weighted by Gasteiger charge is -2.12. The van der Waals surface area contributed by atoms with Gasteiger partial charge in [-0.1, -0.05) is 6.07 Å². The van der Waals surface area contributed by atoms with Crippen molar-refractivity contribution in [3.63, 3.8) is 0 Å². The number of nitrogens with one attached hydrogen (secondary N) is 1. The Labute approximate surface area is 166 Å². The van der Waals surface area contributed by atoms with Crippen molar-refractivity contribution in [1.82, 2.24) is 14.3 Å². The maximum absolute atomic E-state index is 12.9. The van der Waals surface area contributed by atoms with E-state index in [1.54, 1.807) is 12.1 Å². The van der Waals surface area contributed by atoms with Gasteiger partial charge in [0.25, 0.3) is 5.56 Å². The molecule has 0 saturated heterocycles. The van der Waals surface area contributed by atoms with Gasteiger partial charge in [-0.15, -0.1) is 0 Å². The number of anilines is 1. The van der Waals surface area contributed by atoms with Crippen LogP contribution in [0.5, 0.6) is 11.5 Å². The summed E-state index contributed by atoms with van der Waals surface area (Å²) in [5, 5.41) is 8.95. The molecule has 8 nitrogen and oxygen atoms in total. The number of hydrogen-bond acceptors (Lipinski definition) is 5. The van der Waals surface area contributed by atoms with Crippen LogP contribution in [0.1, 0.15) is 0 Å². The van der Waals surface area contributed by atoms with Crippen LogP contribution in [0, 0.1) is 0 Å². The van der Waals surface area contributed by atoms with E-state index < -0.39 is 5.56 Å². The fraction of sp³-hybridized carbons (Fsp3) is 0.190. The predicted octanol–water partition coefficient (Wildman–Crippen LogP) is 2.54. The molecule has 2 heterocycles. The molecule has 0 aliphatic heterocycles. The summed E-state index contributed by atoms with van der Waals surface area (Å²) in [6.07, 6.45) is 3.48. The third kappa shape index (κ3) is 3.29. The molecule has 0 aliphatic carbocycles. The SMILES string of the molecule is COc1ccc2cnn(CC(=O)Nc3ccc4ccn(C)c4c3)c(=O)c2c1OC. The molecule has 1 N–H and O–H groups in total. The minimum Gasteiger partial charge on any atom is -0.493 e. The number of rotatable bonds is 5. The van der Waals surface area contributed by atoms with Crippen LogP contribution < -0.4 is 20.3 Å². The summed E-state index contributed by atoms with van der Waals surface area (Å²) in [4.78, 5) is 25.5. The lowest BCUT2D eigenvalue weighted by atomic mass is 10.1. The van der Waals surface area contributed by atoms with Crippen LogP contribution in [-0.4, -0.2) is 34.5 Å². The van der Waals surface area contributed by atoms with E-state index in [2.05, 4.69) is 10.4 Å². The number of methoxy groups -OCH3 is 2. The van der Waals surface area contributed by atoms with Crippen molar-refractivity contribution in [2.24, 2.45) is 7.05 Å². The number of aromatic nitrogens is 3. The quantitative estimate of drug-likeness (QED) is 0.564. The van der Waals surface area contributed by atoms with Gasteiger partial charge < -0.3 is 19.4 Å². The summed E-state index contributed by atoms with van der Waals surface area (Å²) in [6, 6.07) is 11.1. The van der Waals surface area contributed by atoms with Crippen LogP contribution >= 0.6 is 0 Å². The topological polar surface area (TPSA) is 87.4 Å². The van der Waals surface area contributed by atoms with Crippen molar-refractivity contribution in [1.29, 1.82) is 0 Å². The Morgan fingerprint density at radius 3 is 2.66 bits per heavy atom. The molecule has 1 amide bonds. The number of nitrogens with zero attached hydrogens (tertiary/aromatic N) is 3. The normalized spacial score (nSPS) is 11.0. The number of amides is 1. The first-order chi connectivity index (χ1) is 14.0. The highest BCUT2D eigenvalue weighted by Gasteiger charge is 2.16. The molecule has 8 heteroatoms. The number of aryl methyl sites for hydroxylation is 1. The lowest BCUT2D eigenvalue weighted by molar-refractivity contribution is -0.117. The standard InChI is InChI=1S/C21H20N4O4/c1-24-9-8-13-4-6-15(10-16(13)24)23-18(26)12-25-21(27)19-14(11-22-25)5-7-17(28-2)20(19)29-3/h4-11H,12H2,1-3H3,(H,23,26). The Kier molecular flexibility index (Phi) is 4.67. The molecular formula is C21H20N4O4. The fourth-order valence-electron chi connectivity index (χ4n) is 3.37. The first kappa shape index (κ1) is 18.5. The van der Waals surface area contributed by atoms with E-state index in [-0.39, 0.29) is 12.5 Å². The van der Waals surface area contributed by atoms with E-state index in [1.165, 1.54) is 20.4 Å². The van der Waals surface area contributed by atoms with E-state index in [0.717, 1.165) is 15.6 Å². The first-order valence-electron chi connectivity index (χ1n) is 8.97. The van der Waals surface area contributed by atoms with Gasteiger partial charge in [0.1, 0.15) is 6.54 Å². The third-order valence-corrected chi connectivity index (χ3v) is 4.83. The molecule has 0 atom stereocenters. The summed E-state index contributed by atoms with van der Waals surface area (Å²) >= 11 is 0. The molecule has 0 aliphatic rings. The van der Waals surface area contributed by atoms with Crippen molar-refractivity contribution in [3.8, 4) is 11.5 Å². The van der Waals surface area contributed by atoms with E-state index >= 15 is 0 Å². The summed E-state index contributed by atoms with van der Waals surface area (Å²) < 4.78 is 13.7. The van der Waals surface area contributed by atoms with Crippen LogP contribution in [-0.2, 0) is 18.4 Å². The van der Waals surface area contributed by atoms with Gasteiger partial charge in [0.15, 0.2) is 11.5 Å². The van der Waals surface area contributed by atoms with E-state index in [9.17, 15) is 9.59 Å².